The summed E-state index contributed by atoms with van der Waals surface area (Å²) in [7, 11) is -0.886. The minimum absolute atomic E-state index is 0.383. The molecule has 0 aliphatic rings. The Morgan fingerprint density at radius 2 is 1.15 bits per heavy atom. The zero-order valence-corrected chi connectivity index (χ0v) is 21.6. The maximum Gasteiger partial charge on any atom is 0.0560 e. The van der Waals surface area contributed by atoms with Crippen LogP contribution in [0.3, 0.4) is 0 Å². The van der Waals surface area contributed by atoms with Crippen LogP contribution in [0.4, 0.5) is 0 Å². The molecule has 0 saturated heterocycles. The van der Waals surface area contributed by atoms with Crippen LogP contribution < -0.4 is 0 Å². The standard InChI is InChI=1S/C24H52OSSi/c1-23(2)22-27(5,6)21-17-15-13-11-9-7-8-10-12-14-16-19-26-20-18-25-24(3)4/h23-24H,7-22H2,1-6H3. The molecule has 0 spiro atoms. The van der Waals surface area contributed by atoms with Crippen molar-refractivity contribution in [1.29, 1.82) is 0 Å². The van der Waals surface area contributed by atoms with E-state index in [1.54, 1.807) is 6.04 Å². The first kappa shape index (κ1) is 27.5. The van der Waals surface area contributed by atoms with Gasteiger partial charge in [-0.25, -0.2) is 0 Å². The molecule has 0 aromatic heterocycles. The zero-order valence-electron chi connectivity index (χ0n) is 19.8. The molecule has 164 valence electrons. The van der Waals surface area contributed by atoms with Crippen molar-refractivity contribution >= 4 is 19.8 Å². The Kier molecular flexibility index (Phi) is 18.9. The summed E-state index contributed by atoms with van der Waals surface area (Å²) in [4.78, 5) is 0. The van der Waals surface area contributed by atoms with Crippen LogP contribution in [-0.4, -0.2) is 32.3 Å². The van der Waals surface area contributed by atoms with Gasteiger partial charge in [0.05, 0.1) is 12.7 Å². The fourth-order valence-corrected chi connectivity index (χ4v) is 8.50. The van der Waals surface area contributed by atoms with E-state index < -0.39 is 8.07 Å². The SMILES string of the molecule is CC(C)C[Si](C)(C)CCCCCCCCCCCCCSCCOC(C)C. The first-order valence-electron chi connectivity index (χ1n) is 12.0. The van der Waals surface area contributed by atoms with Crippen molar-refractivity contribution in [2.45, 2.75) is 130 Å². The Bertz CT molecular complexity index is 305. The number of hydrogen-bond donors (Lipinski definition) is 0. The maximum absolute atomic E-state index is 5.56. The monoisotopic (exact) mass is 416 g/mol. The largest absolute Gasteiger partial charge is 0.378 e. The molecule has 3 heteroatoms. The summed E-state index contributed by atoms with van der Waals surface area (Å²) >= 11 is 2.06. The van der Waals surface area contributed by atoms with Gasteiger partial charge in [0.2, 0.25) is 0 Å². The smallest absolute Gasteiger partial charge is 0.0560 e. The second-order valence-corrected chi connectivity index (χ2v) is 16.4. The van der Waals surface area contributed by atoms with Crippen LogP contribution >= 0.6 is 11.8 Å². The van der Waals surface area contributed by atoms with E-state index in [0.29, 0.717) is 6.10 Å². The molecule has 0 heterocycles. The number of ether oxygens (including phenoxy) is 1. The minimum Gasteiger partial charge on any atom is -0.378 e. The van der Waals surface area contributed by atoms with Gasteiger partial charge in [-0.05, 0) is 31.9 Å². The molecule has 0 atom stereocenters. The van der Waals surface area contributed by atoms with Gasteiger partial charge in [0, 0.05) is 13.8 Å². The second kappa shape index (κ2) is 18.5. The third-order valence-corrected chi connectivity index (χ3v) is 9.94. The molecule has 0 aliphatic carbocycles. The summed E-state index contributed by atoms with van der Waals surface area (Å²) in [5, 5.41) is 0. The Labute approximate surface area is 178 Å². The Hall–Kier alpha value is 0.527. The first-order chi connectivity index (χ1) is 12.8. The second-order valence-electron chi connectivity index (χ2n) is 9.93. The molecule has 0 fully saturated rings. The van der Waals surface area contributed by atoms with E-state index in [2.05, 4.69) is 52.6 Å². The molecule has 0 bridgehead atoms. The van der Waals surface area contributed by atoms with Gasteiger partial charge in [0.1, 0.15) is 0 Å². The Balaban J connectivity index is 3.17. The molecule has 0 radical (unpaired) electrons. The molecule has 0 aromatic rings. The summed E-state index contributed by atoms with van der Waals surface area (Å²) in [6.45, 7) is 15.1. The van der Waals surface area contributed by atoms with Crippen LogP contribution in [0.25, 0.3) is 0 Å². The quantitative estimate of drug-likeness (QED) is 0.145. The molecule has 27 heavy (non-hydrogen) atoms. The molecule has 0 N–H and O–H groups in total. The molecular formula is C24H52OSSi. The van der Waals surface area contributed by atoms with Gasteiger partial charge in [-0.15, -0.1) is 0 Å². The third kappa shape index (κ3) is 22.7. The fourth-order valence-electron chi connectivity index (χ4n) is 4.05. The summed E-state index contributed by atoms with van der Waals surface area (Å²) in [5.41, 5.74) is 0. The van der Waals surface area contributed by atoms with E-state index in [-0.39, 0.29) is 0 Å². The van der Waals surface area contributed by atoms with E-state index >= 15 is 0 Å². The fraction of sp³-hybridized carbons (Fsp3) is 1.00. The van der Waals surface area contributed by atoms with Crippen LogP contribution in [0.5, 0.6) is 0 Å². The number of thioether (sulfide) groups is 1. The minimum atomic E-state index is -0.886. The van der Waals surface area contributed by atoms with Crippen molar-refractivity contribution in [3.63, 3.8) is 0 Å². The molecule has 0 amide bonds. The van der Waals surface area contributed by atoms with Crippen molar-refractivity contribution in [3.05, 3.63) is 0 Å². The molecular weight excluding hydrogens is 364 g/mol. The summed E-state index contributed by atoms with van der Waals surface area (Å²) in [6.07, 6.45) is 16.4. The van der Waals surface area contributed by atoms with Crippen molar-refractivity contribution < 1.29 is 4.74 Å². The van der Waals surface area contributed by atoms with Crippen LogP contribution in [-0.2, 0) is 4.74 Å². The predicted octanol–water partition coefficient (Wildman–Crippen LogP) is 8.80. The van der Waals surface area contributed by atoms with E-state index in [0.717, 1.165) is 18.3 Å². The molecule has 0 aromatic carbocycles. The zero-order chi connectivity index (χ0) is 20.4. The van der Waals surface area contributed by atoms with Gasteiger partial charge < -0.3 is 4.74 Å². The van der Waals surface area contributed by atoms with E-state index in [9.17, 15) is 0 Å². The lowest BCUT2D eigenvalue weighted by atomic mass is 10.1. The van der Waals surface area contributed by atoms with Gasteiger partial charge >= 0.3 is 0 Å². The van der Waals surface area contributed by atoms with Crippen LogP contribution in [0, 0.1) is 5.92 Å². The molecule has 1 nitrogen and oxygen atoms in total. The lowest BCUT2D eigenvalue weighted by Crippen LogP contribution is -2.26. The normalized spacial score (nSPS) is 12.4. The molecule has 0 saturated carbocycles. The average molecular weight is 417 g/mol. The van der Waals surface area contributed by atoms with E-state index in [1.807, 2.05) is 0 Å². The highest BCUT2D eigenvalue weighted by molar-refractivity contribution is 7.99. The van der Waals surface area contributed by atoms with Crippen LogP contribution in [0.2, 0.25) is 25.2 Å². The van der Waals surface area contributed by atoms with Crippen molar-refractivity contribution in [2.24, 2.45) is 5.92 Å². The van der Waals surface area contributed by atoms with Gasteiger partial charge in [-0.3, -0.25) is 0 Å². The van der Waals surface area contributed by atoms with Crippen molar-refractivity contribution in [2.75, 3.05) is 18.1 Å². The van der Waals surface area contributed by atoms with Gasteiger partial charge in [0.25, 0.3) is 0 Å². The first-order valence-corrected chi connectivity index (χ1v) is 16.6. The third-order valence-electron chi connectivity index (χ3n) is 5.28. The summed E-state index contributed by atoms with van der Waals surface area (Å²) < 4.78 is 5.56. The summed E-state index contributed by atoms with van der Waals surface area (Å²) in [5.74, 6) is 3.38. The average Bonchev–Trinajstić information content (AvgIpc) is 2.56. The molecule has 0 unspecified atom stereocenters. The van der Waals surface area contributed by atoms with E-state index in [4.69, 9.17) is 4.74 Å². The number of unbranched alkanes of at least 4 members (excludes halogenated alkanes) is 10. The van der Waals surface area contributed by atoms with E-state index in [1.165, 1.54) is 82.4 Å². The van der Waals surface area contributed by atoms with Crippen molar-refractivity contribution in [3.8, 4) is 0 Å². The summed E-state index contributed by atoms with van der Waals surface area (Å²) in [6, 6.07) is 3.06. The van der Waals surface area contributed by atoms with Gasteiger partial charge in [-0.2, -0.15) is 11.8 Å². The Morgan fingerprint density at radius 1 is 0.667 bits per heavy atom. The predicted molar refractivity (Wildman–Crippen MR) is 131 cm³/mol. The molecule has 0 aliphatic heterocycles. The lowest BCUT2D eigenvalue weighted by molar-refractivity contribution is 0.0920. The number of rotatable bonds is 20. The van der Waals surface area contributed by atoms with Crippen molar-refractivity contribution in [1.82, 2.24) is 0 Å². The van der Waals surface area contributed by atoms with Crippen LogP contribution in [0.1, 0.15) is 98.3 Å². The maximum atomic E-state index is 5.56. The highest BCUT2D eigenvalue weighted by Crippen LogP contribution is 2.24. The topological polar surface area (TPSA) is 9.23 Å². The van der Waals surface area contributed by atoms with Crippen LogP contribution in [0.15, 0.2) is 0 Å². The number of hydrogen-bond acceptors (Lipinski definition) is 2. The highest BCUT2D eigenvalue weighted by Gasteiger charge is 2.20. The highest BCUT2D eigenvalue weighted by atomic mass is 32.2. The van der Waals surface area contributed by atoms with Gasteiger partial charge in [0.15, 0.2) is 0 Å². The Morgan fingerprint density at radius 3 is 1.63 bits per heavy atom. The molecule has 0 rings (SSSR count). The lowest BCUT2D eigenvalue weighted by Gasteiger charge is -2.24. The van der Waals surface area contributed by atoms with Gasteiger partial charge in [-0.1, -0.05) is 103 Å².